The molecule has 0 unspecified atom stereocenters. The number of nitrogens with zero attached hydrogens (tertiary/aromatic N) is 2. The molecule has 0 spiro atoms. The molecule has 0 bridgehead atoms. The van der Waals surface area contributed by atoms with Crippen LogP contribution in [0.3, 0.4) is 0 Å². The molecule has 1 amide bonds. The Labute approximate surface area is 192 Å². The third kappa shape index (κ3) is 10.8. The van der Waals surface area contributed by atoms with E-state index in [2.05, 4.69) is 50.2 Å². The first-order valence-electron chi connectivity index (χ1n) is 11.4. The Hall–Kier alpha value is -1.16. The molecular formula is C23H42N4O3Sn. The van der Waals surface area contributed by atoms with E-state index in [0.29, 0.717) is 32.7 Å². The number of nitrogens with one attached hydrogen (secondary N) is 1. The van der Waals surface area contributed by atoms with Crippen molar-refractivity contribution in [3.8, 4) is 0 Å². The van der Waals surface area contributed by atoms with E-state index in [1.54, 1.807) is 0 Å². The van der Waals surface area contributed by atoms with Crippen molar-refractivity contribution < 1.29 is 14.7 Å². The van der Waals surface area contributed by atoms with Crippen molar-refractivity contribution in [3.05, 3.63) is 29.3 Å². The van der Waals surface area contributed by atoms with Crippen LogP contribution in [-0.4, -0.2) is 84.4 Å². The molecule has 1 rings (SSSR count). The minimum Gasteiger partial charge on any atom is -0.480 e. The fourth-order valence-corrected chi connectivity index (χ4v) is 8.71. The fraction of sp³-hybridized carbons (Fsp3) is 0.652. The average Bonchev–Trinajstić information content (AvgIpc) is 2.69. The van der Waals surface area contributed by atoms with E-state index >= 15 is 0 Å². The molecule has 0 aliphatic carbocycles. The maximum absolute atomic E-state index is 12.7. The van der Waals surface area contributed by atoms with Crippen LogP contribution in [0, 0.1) is 0 Å². The maximum atomic E-state index is 12.7. The monoisotopic (exact) mass is 542 g/mol. The second-order valence-electron chi connectivity index (χ2n) is 9.17. The second kappa shape index (κ2) is 14.1. The number of carbonyl (C=O) groups excluding carboxylic acids is 1. The summed E-state index contributed by atoms with van der Waals surface area (Å²) < 4.78 is 1.41. The summed E-state index contributed by atoms with van der Waals surface area (Å²) in [4.78, 5) is 34.9. The van der Waals surface area contributed by atoms with Gasteiger partial charge in [0.25, 0.3) is 0 Å². The normalized spacial score (nSPS) is 11.9. The van der Waals surface area contributed by atoms with Crippen LogP contribution in [0.25, 0.3) is 0 Å². The Morgan fingerprint density at radius 2 is 1.58 bits per heavy atom. The standard InChI is InChI=1S/C20H33N4O3.3CH3.Sn/c1-3-9-23(11-12-24(10-4-2)16-20(26)27)15-19(25)22-14-18-7-5-17(13-21)6-8-18;;;;/h5-7H,3-4,9-16,21H2,1-2H3,(H,22,25)(H,26,27);3*1H3;. The van der Waals surface area contributed by atoms with Crippen molar-refractivity contribution in [2.75, 3.05) is 39.3 Å². The molecule has 0 aliphatic heterocycles. The number of amides is 1. The number of rotatable bonds is 15. The number of carboxylic acid groups (broad SMARTS) is 1. The van der Waals surface area contributed by atoms with Crippen LogP contribution in [0.1, 0.15) is 37.8 Å². The molecule has 176 valence electrons. The zero-order valence-corrected chi connectivity index (χ0v) is 22.9. The van der Waals surface area contributed by atoms with Crippen LogP contribution in [-0.2, 0) is 22.7 Å². The Bertz CT molecular complexity index is 707. The first-order valence-corrected chi connectivity index (χ1v) is 21.3. The number of benzene rings is 1. The van der Waals surface area contributed by atoms with E-state index < -0.39 is 24.3 Å². The molecule has 0 saturated heterocycles. The SMILES string of the molecule is CCCN(CCN(CCC)CC(=O)NCc1ccc(CN)c[c]1[Sn]([CH3])([CH3])[CH3])CC(=O)O. The van der Waals surface area contributed by atoms with E-state index in [9.17, 15) is 9.59 Å². The summed E-state index contributed by atoms with van der Waals surface area (Å²) in [5, 5.41) is 12.2. The van der Waals surface area contributed by atoms with Crippen molar-refractivity contribution >= 4 is 33.8 Å². The molecule has 4 N–H and O–H groups in total. The molecule has 0 heterocycles. The quantitative estimate of drug-likeness (QED) is 0.293. The van der Waals surface area contributed by atoms with Gasteiger partial charge in [0.2, 0.25) is 0 Å². The molecular weight excluding hydrogens is 499 g/mol. The zero-order valence-electron chi connectivity index (χ0n) is 20.0. The van der Waals surface area contributed by atoms with Gasteiger partial charge in [-0.05, 0) is 0 Å². The van der Waals surface area contributed by atoms with Gasteiger partial charge in [-0.25, -0.2) is 0 Å². The molecule has 0 atom stereocenters. The zero-order chi connectivity index (χ0) is 23.4. The van der Waals surface area contributed by atoms with E-state index in [4.69, 9.17) is 10.8 Å². The summed E-state index contributed by atoms with van der Waals surface area (Å²) in [6.07, 6.45) is 1.86. The smallest absolute Gasteiger partial charge is 0.480 e. The minimum atomic E-state index is -2.34. The van der Waals surface area contributed by atoms with Gasteiger partial charge < -0.3 is 5.11 Å². The van der Waals surface area contributed by atoms with Gasteiger partial charge in [0.05, 0.1) is 0 Å². The molecule has 7 nitrogen and oxygen atoms in total. The Kier molecular flexibility index (Phi) is 12.7. The number of aliphatic carboxylic acids is 1. The fourth-order valence-electron chi connectivity index (χ4n) is 3.70. The van der Waals surface area contributed by atoms with Crippen LogP contribution in [0.5, 0.6) is 0 Å². The predicted octanol–water partition coefficient (Wildman–Crippen LogP) is 1.82. The molecule has 8 heteroatoms. The third-order valence-electron chi connectivity index (χ3n) is 5.23. The Morgan fingerprint density at radius 3 is 2.06 bits per heavy atom. The first kappa shape index (κ1) is 27.9. The van der Waals surface area contributed by atoms with Gasteiger partial charge in [-0.1, -0.05) is 6.92 Å². The molecule has 0 saturated carbocycles. The number of hydrogen-bond donors (Lipinski definition) is 3. The number of carboxylic acids is 1. The summed E-state index contributed by atoms with van der Waals surface area (Å²) in [7, 11) is 0. The van der Waals surface area contributed by atoms with Crippen LogP contribution in [0.4, 0.5) is 0 Å². The first-order chi connectivity index (χ1) is 14.6. The Balaban J connectivity index is 2.70. The van der Waals surface area contributed by atoms with E-state index in [-0.39, 0.29) is 12.5 Å². The summed E-state index contributed by atoms with van der Waals surface area (Å²) in [5.41, 5.74) is 8.17. The summed E-state index contributed by atoms with van der Waals surface area (Å²) in [6, 6.07) is 6.39. The summed E-state index contributed by atoms with van der Waals surface area (Å²) >= 11 is -2.34. The van der Waals surface area contributed by atoms with E-state index in [1.165, 1.54) is 9.14 Å². The van der Waals surface area contributed by atoms with Gasteiger partial charge in [0, 0.05) is 0 Å². The van der Waals surface area contributed by atoms with Crippen molar-refractivity contribution in [2.24, 2.45) is 5.73 Å². The van der Waals surface area contributed by atoms with Crippen molar-refractivity contribution in [3.63, 3.8) is 0 Å². The van der Waals surface area contributed by atoms with Gasteiger partial charge >= 0.3 is 176 Å². The van der Waals surface area contributed by atoms with Crippen LogP contribution in [0.15, 0.2) is 18.2 Å². The summed E-state index contributed by atoms with van der Waals surface area (Å²) in [6.45, 7) is 8.47. The molecule has 1 aromatic rings. The van der Waals surface area contributed by atoms with Crippen molar-refractivity contribution in [2.45, 2.75) is 54.6 Å². The summed E-state index contributed by atoms with van der Waals surface area (Å²) in [5.74, 6) is -0.805. The van der Waals surface area contributed by atoms with Crippen molar-refractivity contribution in [1.29, 1.82) is 0 Å². The molecule has 0 radical (unpaired) electrons. The minimum absolute atomic E-state index is 0.00619. The van der Waals surface area contributed by atoms with Gasteiger partial charge in [0.15, 0.2) is 0 Å². The van der Waals surface area contributed by atoms with Gasteiger partial charge in [0.1, 0.15) is 0 Å². The number of nitrogens with two attached hydrogens (primary N) is 1. The van der Waals surface area contributed by atoms with E-state index in [1.807, 2.05) is 11.8 Å². The third-order valence-corrected chi connectivity index (χ3v) is 11.2. The van der Waals surface area contributed by atoms with Gasteiger partial charge in [-0.3, -0.25) is 4.79 Å². The second-order valence-corrected chi connectivity index (χ2v) is 23.5. The Morgan fingerprint density at radius 1 is 1.00 bits per heavy atom. The molecule has 0 aromatic heterocycles. The van der Waals surface area contributed by atoms with Gasteiger partial charge in [-0.15, -0.1) is 0 Å². The van der Waals surface area contributed by atoms with Crippen LogP contribution >= 0.6 is 0 Å². The van der Waals surface area contributed by atoms with Crippen molar-refractivity contribution in [1.82, 2.24) is 15.1 Å². The van der Waals surface area contributed by atoms with E-state index in [0.717, 1.165) is 31.5 Å². The molecule has 0 aliphatic rings. The number of carbonyl (C=O) groups is 2. The molecule has 0 fully saturated rings. The topological polar surface area (TPSA) is 98.9 Å². The molecule has 31 heavy (non-hydrogen) atoms. The van der Waals surface area contributed by atoms with Gasteiger partial charge in [-0.2, -0.15) is 0 Å². The molecule has 1 aromatic carbocycles. The van der Waals surface area contributed by atoms with Crippen LogP contribution < -0.4 is 14.6 Å². The number of hydrogen-bond acceptors (Lipinski definition) is 5. The average molecular weight is 541 g/mol. The predicted molar refractivity (Wildman–Crippen MR) is 130 cm³/mol. The van der Waals surface area contributed by atoms with Crippen LogP contribution in [0.2, 0.25) is 14.8 Å².